The molecule has 2 rings (SSSR count). The lowest BCUT2D eigenvalue weighted by Gasteiger charge is -2.22. The van der Waals surface area contributed by atoms with Crippen molar-refractivity contribution in [3.05, 3.63) is 33.1 Å². The second kappa shape index (κ2) is 8.96. The maximum Gasteiger partial charge on any atom is 0.469 e. The van der Waals surface area contributed by atoms with Crippen LogP contribution >= 0.6 is 27.3 Å². The molecule has 0 radical (unpaired) electrons. The van der Waals surface area contributed by atoms with Gasteiger partial charge >= 0.3 is 13.5 Å². The zero-order valence-electron chi connectivity index (χ0n) is 13.4. The van der Waals surface area contributed by atoms with Crippen LogP contribution in [0.25, 0.3) is 0 Å². The Labute approximate surface area is 152 Å². The van der Waals surface area contributed by atoms with E-state index in [0.717, 1.165) is 10.6 Å². The van der Waals surface area contributed by atoms with E-state index in [2.05, 4.69) is 21.8 Å². The van der Waals surface area contributed by atoms with E-state index in [0.29, 0.717) is 0 Å². The number of phosphoric acid groups is 1. The molecule has 15 heteroatoms. The fourth-order valence-electron chi connectivity index (χ4n) is 2.59. The molecule has 1 aromatic heterocycles. The van der Waals surface area contributed by atoms with Gasteiger partial charge in [0, 0.05) is 25.8 Å². The van der Waals surface area contributed by atoms with Crippen molar-refractivity contribution in [2.75, 3.05) is 13.7 Å². The van der Waals surface area contributed by atoms with E-state index < -0.39 is 50.8 Å². The molecule has 0 aliphatic carbocycles. The number of methoxy groups -OCH3 is 1. The number of aromatic amines is 1. The monoisotopic (exact) mass is 432 g/mol. The van der Waals surface area contributed by atoms with E-state index in [1.165, 1.54) is 13.3 Å². The standard InChI is InChI=1S/C11H18N2O10P2S/c1-20-9-8(23-24(16)26)6(3-5-21-25(17,18)19)22-10(9)13-4-2-7(14)12-11(13)15/h2,4,6,8-10,24H,3,5H2,1H3,(H,16,26)(H,12,14,15)(H2,17,18,19)/t6?,8?,9?,10-/m1/s1. The lowest BCUT2D eigenvalue weighted by molar-refractivity contribution is -0.0562. The van der Waals surface area contributed by atoms with Crippen LogP contribution in [0.4, 0.5) is 0 Å². The highest BCUT2D eigenvalue weighted by molar-refractivity contribution is 8.39. The molecule has 148 valence electrons. The second-order valence-electron chi connectivity index (χ2n) is 5.24. The summed E-state index contributed by atoms with van der Waals surface area (Å²) < 4.78 is 43.9. The highest BCUT2D eigenvalue weighted by atomic mass is 32.7. The molecule has 5 atom stereocenters. The van der Waals surface area contributed by atoms with Gasteiger partial charge in [-0.05, 0) is 0 Å². The van der Waals surface area contributed by atoms with Crippen molar-refractivity contribution in [3.8, 4) is 0 Å². The Morgan fingerprint density at radius 3 is 2.65 bits per heavy atom. The molecule has 1 saturated heterocycles. The molecule has 1 fully saturated rings. The van der Waals surface area contributed by atoms with Gasteiger partial charge in [0.05, 0.1) is 12.7 Å². The number of thiol groups is 1. The Kier molecular flexibility index (Phi) is 7.43. The first-order valence-corrected chi connectivity index (χ1v) is 11.4. The average molecular weight is 432 g/mol. The van der Waals surface area contributed by atoms with Gasteiger partial charge < -0.3 is 23.8 Å². The van der Waals surface area contributed by atoms with E-state index in [1.54, 1.807) is 0 Å². The van der Waals surface area contributed by atoms with Crippen molar-refractivity contribution in [2.45, 2.75) is 31.0 Å². The van der Waals surface area contributed by atoms with Gasteiger partial charge in [-0.25, -0.2) is 9.36 Å². The number of H-pyrrole nitrogens is 1. The number of rotatable bonds is 8. The van der Waals surface area contributed by atoms with Crippen LogP contribution in [0.1, 0.15) is 12.6 Å². The summed E-state index contributed by atoms with van der Waals surface area (Å²) in [7, 11) is -6.08. The van der Waals surface area contributed by atoms with Crippen LogP contribution in [0.15, 0.2) is 21.9 Å². The number of nitrogens with one attached hydrogen (secondary N) is 1. The fraction of sp³-hybridized carbons (Fsp3) is 0.636. The van der Waals surface area contributed by atoms with E-state index in [4.69, 9.17) is 23.8 Å². The van der Waals surface area contributed by atoms with Crippen molar-refractivity contribution in [1.29, 1.82) is 0 Å². The van der Waals surface area contributed by atoms with Gasteiger partial charge in [-0.15, -0.1) is 0 Å². The predicted molar refractivity (Wildman–Crippen MR) is 91.5 cm³/mol. The molecule has 2 heterocycles. The lowest BCUT2D eigenvalue weighted by Crippen LogP contribution is -2.39. The van der Waals surface area contributed by atoms with Gasteiger partial charge in [0.15, 0.2) is 6.23 Å². The number of nitrogens with zero attached hydrogens (tertiary/aromatic N) is 1. The van der Waals surface area contributed by atoms with Crippen molar-refractivity contribution < 1.29 is 37.4 Å². The number of ether oxygens (including phenoxy) is 2. The number of hydrogen-bond acceptors (Lipinski definition) is 8. The molecule has 4 unspecified atom stereocenters. The topological polar surface area (TPSA) is 166 Å². The van der Waals surface area contributed by atoms with Crippen LogP contribution in [-0.4, -0.2) is 51.4 Å². The largest absolute Gasteiger partial charge is 0.469 e. The SMILES string of the molecule is COC1C(O[PH](=O)S)C(CCOP(=O)(O)O)O[C@H]1n1ccc(=O)[nH]c1=O. The maximum absolute atomic E-state index is 12.0. The molecular weight excluding hydrogens is 414 g/mol. The van der Waals surface area contributed by atoms with Crippen LogP contribution in [0.2, 0.25) is 0 Å². The third kappa shape index (κ3) is 5.62. The van der Waals surface area contributed by atoms with Gasteiger partial charge in [0.1, 0.15) is 12.2 Å². The van der Waals surface area contributed by atoms with Crippen LogP contribution in [0, 0.1) is 0 Å². The molecule has 0 amide bonds. The Morgan fingerprint density at radius 2 is 2.12 bits per heavy atom. The van der Waals surface area contributed by atoms with Crippen molar-refractivity contribution in [1.82, 2.24) is 9.55 Å². The Bertz CT molecular complexity index is 807. The van der Waals surface area contributed by atoms with Gasteiger partial charge in [-0.3, -0.25) is 23.4 Å². The summed E-state index contributed by atoms with van der Waals surface area (Å²) in [4.78, 5) is 42.8. The highest BCUT2D eigenvalue weighted by Crippen LogP contribution is 2.42. The van der Waals surface area contributed by atoms with Gasteiger partial charge in [0.25, 0.3) is 5.56 Å². The molecule has 12 nitrogen and oxygen atoms in total. The van der Waals surface area contributed by atoms with Gasteiger partial charge in [-0.1, -0.05) is 12.2 Å². The summed E-state index contributed by atoms with van der Waals surface area (Å²) in [6.07, 6.45) is -2.60. The molecule has 1 aliphatic heterocycles. The third-order valence-electron chi connectivity index (χ3n) is 3.58. The summed E-state index contributed by atoms with van der Waals surface area (Å²) in [5.74, 6) is 0. The molecule has 0 saturated carbocycles. The smallest absolute Gasteiger partial charge is 0.374 e. The molecule has 1 aliphatic rings. The van der Waals surface area contributed by atoms with Crippen molar-refractivity contribution >= 4 is 27.3 Å². The molecular formula is C11H18N2O10P2S. The van der Waals surface area contributed by atoms with Gasteiger partial charge in [0.2, 0.25) is 7.23 Å². The van der Waals surface area contributed by atoms with E-state index in [9.17, 15) is 18.7 Å². The number of hydrogen-bond donors (Lipinski definition) is 4. The minimum atomic E-state index is -4.67. The van der Waals surface area contributed by atoms with Crippen LogP contribution in [0.3, 0.4) is 0 Å². The van der Waals surface area contributed by atoms with E-state index in [-0.39, 0.29) is 13.0 Å². The third-order valence-corrected chi connectivity index (χ3v) is 4.89. The first-order valence-electron chi connectivity index (χ1n) is 7.22. The predicted octanol–water partition coefficient (Wildman–Crippen LogP) is -0.347. The summed E-state index contributed by atoms with van der Waals surface area (Å²) in [5, 5.41) is 0. The first-order chi connectivity index (χ1) is 12.1. The first kappa shape index (κ1) is 21.5. The molecule has 0 spiro atoms. The zero-order chi connectivity index (χ0) is 19.5. The number of aromatic nitrogens is 2. The Morgan fingerprint density at radius 1 is 1.42 bits per heavy atom. The Balaban J connectivity index is 2.26. The summed E-state index contributed by atoms with van der Waals surface area (Å²) >= 11 is 3.72. The van der Waals surface area contributed by atoms with E-state index in [1.807, 2.05) is 0 Å². The van der Waals surface area contributed by atoms with Crippen LogP contribution in [0.5, 0.6) is 0 Å². The zero-order valence-corrected chi connectivity index (χ0v) is 16.2. The van der Waals surface area contributed by atoms with Crippen molar-refractivity contribution in [3.63, 3.8) is 0 Å². The lowest BCUT2D eigenvalue weighted by atomic mass is 10.1. The Hall–Kier alpha value is -0.750. The minimum absolute atomic E-state index is 0.0484. The maximum atomic E-state index is 12.0. The minimum Gasteiger partial charge on any atom is -0.374 e. The normalized spacial score (nSPS) is 27.5. The number of phosphoric ester groups is 1. The fourth-order valence-corrected chi connectivity index (χ4v) is 3.82. The van der Waals surface area contributed by atoms with Crippen LogP contribution < -0.4 is 11.2 Å². The molecule has 1 aromatic rings. The average Bonchev–Trinajstić information content (AvgIpc) is 2.83. The van der Waals surface area contributed by atoms with E-state index >= 15 is 0 Å². The van der Waals surface area contributed by atoms with Crippen LogP contribution in [-0.2, 0) is 27.7 Å². The molecule has 0 bridgehead atoms. The quantitative estimate of drug-likeness (QED) is 0.315. The second-order valence-corrected chi connectivity index (χ2v) is 8.35. The summed E-state index contributed by atoms with van der Waals surface area (Å²) in [5.41, 5.74) is -1.35. The van der Waals surface area contributed by atoms with Gasteiger partial charge in [-0.2, -0.15) is 0 Å². The van der Waals surface area contributed by atoms with Crippen molar-refractivity contribution in [2.24, 2.45) is 0 Å². The summed E-state index contributed by atoms with van der Waals surface area (Å²) in [6.45, 7) is -0.383. The molecule has 26 heavy (non-hydrogen) atoms. The molecule has 0 aromatic carbocycles. The highest BCUT2D eigenvalue weighted by Gasteiger charge is 2.47. The molecule has 3 N–H and O–H groups in total. The summed E-state index contributed by atoms with van der Waals surface area (Å²) in [6, 6.07) is 1.11.